The zero-order chi connectivity index (χ0) is 21.3. The topological polar surface area (TPSA) is 86.0 Å². The lowest BCUT2D eigenvalue weighted by molar-refractivity contribution is -0.132. The van der Waals surface area contributed by atoms with Gasteiger partial charge in [-0.3, -0.25) is 9.59 Å². The lowest BCUT2D eigenvalue weighted by Gasteiger charge is -2.26. The number of hydrogen-bond donors (Lipinski definition) is 1. The third-order valence-corrected chi connectivity index (χ3v) is 4.72. The van der Waals surface area contributed by atoms with E-state index >= 15 is 0 Å². The second-order valence-electron chi connectivity index (χ2n) is 7.15. The number of allylic oxidation sites excluding steroid dienone is 1. The van der Waals surface area contributed by atoms with Crippen LogP contribution < -0.4 is 14.9 Å². The molecule has 0 amide bonds. The molecule has 1 aromatic heterocycles. The van der Waals surface area contributed by atoms with Crippen molar-refractivity contribution < 1.29 is 23.8 Å². The minimum Gasteiger partial charge on any atom is -0.504 e. The molecule has 1 heterocycles. The van der Waals surface area contributed by atoms with Crippen molar-refractivity contribution in [1.29, 1.82) is 0 Å². The number of benzene rings is 2. The van der Waals surface area contributed by atoms with Gasteiger partial charge >= 0.3 is 5.97 Å². The number of aromatic hydroxyl groups is 1. The van der Waals surface area contributed by atoms with Crippen LogP contribution >= 0.6 is 0 Å². The second kappa shape index (κ2) is 7.47. The first-order valence-corrected chi connectivity index (χ1v) is 9.00. The van der Waals surface area contributed by atoms with Crippen molar-refractivity contribution >= 4 is 16.9 Å². The highest BCUT2D eigenvalue weighted by Crippen LogP contribution is 2.50. The van der Waals surface area contributed by atoms with Gasteiger partial charge in [-0.1, -0.05) is 50.3 Å². The van der Waals surface area contributed by atoms with Gasteiger partial charge in [-0.25, -0.2) is 0 Å². The van der Waals surface area contributed by atoms with E-state index in [2.05, 4.69) is 6.58 Å². The van der Waals surface area contributed by atoms with Crippen LogP contribution in [0.1, 0.15) is 26.3 Å². The standard InChI is InChI=1S/C23H22O6/c1-6-23(3,4)18-20-17(19(26)22(27-5)21(18)28-13(2)24)15(25)12-16(29-20)14-10-8-7-9-11-14/h6-12,26H,1H2,2-5H3. The van der Waals surface area contributed by atoms with Crippen LogP contribution in [0.4, 0.5) is 0 Å². The molecule has 6 heteroatoms. The number of carbonyl (C=O) groups is 1. The van der Waals surface area contributed by atoms with Gasteiger partial charge in [-0.2, -0.15) is 0 Å². The van der Waals surface area contributed by atoms with Crippen LogP contribution in [-0.2, 0) is 10.2 Å². The van der Waals surface area contributed by atoms with E-state index in [1.807, 2.05) is 32.0 Å². The molecule has 0 aliphatic carbocycles. The molecule has 150 valence electrons. The summed E-state index contributed by atoms with van der Waals surface area (Å²) in [4.78, 5) is 24.7. The van der Waals surface area contributed by atoms with Gasteiger partial charge in [-0.15, -0.1) is 6.58 Å². The van der Waals surface area contributed by atoms with Gasteiger partial charge in [0.2, 0.25) is 5.75 Å². The van der Waals surface area contributed by atoms with E-state index < -0.39 is 22.6 Å². The minimum absolute atomic E-state index is 0.0109. The molecule has 0 aliphatic heterocycles. The van der Waals surface area contributed by atoms with Crippen molar-refractivity contribution in [3.63, 3.8) is 0 Å². The molecule has 0 atom stereocenters. The molecule has 1 N–H and O–H groups in total. The van der Waals surface area contributed by atoms with Crippen LogP contribution in [0.15, 0.2) is 58.3 Å². The van der Waals surface area contributed by atoms with Gasteiger partial charge in [-0.05, 0) is 0 Å². The summed E-state index contributed by atoms with van der Waals surface area (Å²) in [6.45, 7) is 8.74. The van der Waals surface area contributed by atoms with E-state index in [0.29, 0.717) is 16.9 Å². The van der Waals surface area contributed by atoms with E-state index in [9.17, 15) is 14.7 Å². The molecule has 0 unspecified atom stereocenters. The molecule has 0 spiro atoms. The second-order valence-corrected chi connectivity index (χ2v) is 7.15. The lowest BCUT2D eigenvalue weighted by atomic mass is 9.82. The fourth-order valence-corrected chi connectivity index (χ4v) is 3.19. The molecule has 6 nitrogen and oxygen atoms in total. The number of phenols is 1. The predicted molar refractivity (Wildman–Crippen MR) is 111 cm³/mol. The molecule has 3 rings (SSSR count). The quantitative estimate of drug-likeness (QED) is 0.388. The number of rotatable bonds is 5. The fourth-order valence-electron chi connectivity index (χ4n) is 3.19. The molecule has 0 saturated carbocycles. The Bertz CT molecular complexity index is 1160. The number of esters is 1. The number of phenolic OH excluding ortho intramolecular Hbond substituents is 1. The van der Waals surface area contributed by atoms with Crippen LogP contribution in [0, 0.1) is 0 Å². The Morgan fingerprint density at radius 1 is 1.21 bits per heavy atom. The van der Waals surface area contributed by atoms with Gasteiger partial charge in [0.25, 0.3) is 0 Å². The van der Waals surface area contributed by atoms with Crippen molar-refractivity contribution in [2.45, 2.75) is 26.2 Å². The van der Waals surface area contributed by atoms with Gasteiger partial charge < -0.3 is 19.0 Å². The van der Waals surface area contributed by atoms with Gasteiger partial charge in [0, 0.05) is 24.0 Å². The monoisotopic (exact) mass is 394 g/mol. The third kappa shape index (κ3) is 3.49. The maximum atomic E-state index is 13.0. The molecular weight excluding hydrogens is 372 g/mol. The average molecular weight is 394 g/mol. The molecule has 0 saturated heterocycles. The molecule has 0 bridgehead atoms. The first-order chi connectivity index (χ1) is 13.7. The summed E-state index contributed by atoms with van der Waals surface area (Å²) in [5.41, 5.74) is -0.0532. The van der Waals surface area contributed by atoms with Crippen molar-refractivity contribution in [1.82, 2.24) is 0 Å². The molecular formula is C23H22O6. The van der Waals surface area contributed by atoms with Gasteiger partial charge in [0.1, 0.15) is 16.7 Å². The van der Waals surface area contributed by atoms with E-state index in [4.69, 9.17) is 13.9 Å². The Balaban J connectivity index is 2.55. The Morgan fingerprint density at radius 3 is 2.41 bits per heavy atom. The third-order valence-electron chi connectivity index (χ3n) is 4.72. The van der Waals surface area contributed by atoms with Crippen molar-refractivity contribution in [2.24, 2.45) is 0 Å². The van der Waals surface area contributed by atoms with Crippen LogP contribution in [0.5, 0.6) is 17.2 Å². The summed E-state index contributed by atoms with van der Waals surface area (Å²) in [5, 5.41) is 10.7. The van der Waals surface area contributed by atoms with E-state index in [0.717, 1.165) is 0 Å². The van der Waals surface area contributed by atoms with E-state index in [1.165, 1.54) is 20.1 Å². The van der Waals surface area contributed by atoms with Gasteiger partial charge in [0.05, 0.1) is 12.7 Å². The van der Waals surface area contributed by atoms with Crippen molar-refractivity contribution in [3.05, 3.63) is 64.8 Å². The zero-order valence-corrected chi connectivity index (χ0v) is 16.7. The Labute approximate surface area is 168 Å². The molecule has 2 aromatic carbocycles. The molecule has 0 fully saturated rings. The van der Waals surface area contributed by atoms with E-state index in [-0.39, 0.29) is 22.5 Å². The summed E-state index contributed by atoms with van der Waals surface area (Å²) < 4.78 is 16.8. The molecule has 29 heavy (non-hydrogen) atoms. The molecule has 3 aromatic rings. The van der Waals surface area contributed by atoms with Crippen molar-refractivity contribution in [2.75, 3.05) is 7.11 Å². The largest absolute Gasteiger partial charge is 0.504 e. The Morgan fingerprint density at radius 2 is 1.86 bits per heavy atom. The highest BCUT2D eigenvalue weighted by molar-refractivity contribution is 5.94. The summed E-state index contributed by atoms with van der Waals surface area (Å²) in [5.74, 6) is -0.858. The van der Waals surface area contributed by atoms with Crippen molar-refractivity contribution in [3.8, 4) is 28.6 Å². The number of hydrogen-bond acceptors (Lipinski definition) is 6. The van der Waals surface area contributed by atoms with Crippen LogP contribution in [0.25, 0.3) is 22.3 Å². The maximum Gasteiger partial charge on any atom is 0.308 e. The van der Waals surface area contributed by atoms with E-state index in [1.54, 1.807) is 18.2 Å². The summed E-state index contributed by atoms with van der Waals surface area (Å²) >= 11 is 0. The Kier molecular flexibility index (Phi) is 5.20. The zero-order valence-electron chi connectivity index (χ0n) is 16.7. The van der Waals surface area contributed by atoms with Crippen LogP contribution in [0.2, 0.25) is 0 Å². The van der Waals surface area contributed by atoms with Crippen LogP contribution in [0.3, 0.4) is 0 Å². The molecule has 0 radical (unpaired) electrons. The smallest absolute Gasteiger partial charge is 0.308 e. The summed E-state index contributed by atoms with van der Waals surface area (Å²) in [7, 11) is 1.32. The summed E-state index contributed by atoms with van der Waals surface area (Å²) in [6, 6.07) is 10.4. The first-order valence-electron chi connectivity index (χ1n) is 9.00. The first kappa shape index (κ1) is 20.2. The van der Waals surface area contributed by atoms with Crippen LogP contribution in [-0.4, -0.2) is 18.2 Å². The lowest BCUT2D eigenvalue weighted by Crippen LogP contribution is -2.19. The number of fused-ring (bicyclic) bond motifs is 1. The summed E-state index contributed by atoms with van der Waals surface area (Å²) in [6.07, 6.45) is 1.64. The van der Waals surface area contributed by atoms with Gasteiger partial charge in [0.15, 0.2) is 16.9 Å². The normalized spacial score (nSPS) is 11.3. The number of ether oxygens (including phenoxy) is 2. The maximum absolute atomic E-state index is 13.0. The average Bonchev–Trinajstić information content (AvgIpc) is 2.67. The fraction of sp³-hybridized carbons (Fsp3) is 0.217. The SMILES string of the molecule is C=CC(C)(C)c1c(OC(C)=O)c(OC)c(O)c2c(=O)cc(-c3ccccc3)oc12. The highest BCUT2D eigenvalue weighted by Gasteiger charge is 2.33. The predicted octanol–water partition coefficient (Wildman–Crippen LogP) is 4.56. The number of methoxy groups -OCH3 is 1. The minimum atomic E-state index is -0.782. The highest BCUT2D eigenvalue weighted by atomic mass is 16.6. The number of carbonyl (C=O) groups excluding carboxylic acids is 1. The Hall–Kier alpha value is -3.54. The molecule has 0 aliphatic rings.